The van der Waals surface area contributed by atoms with Crippen LogP contribution in [0, 0.1) is 0 Å². The SMILES string of the molecule is COc1nccc(OC2CCCN(C(=O)c3ccc(Cl)s3)C2)n1. The van der Waals surface area contributed by atoms with Gasteiger partial charge in [-0.2, -0.15) is 4.98 Å². The first-order chi connectivity index (χ1) is 11.2. The molecule has 0 aromatic carbocycles. The van der Waals surface area contributed by atoms with E-state index in [0.717, 1.165) is 19.4 Å². The van der Waals surface area contributed by atoms with E-state index in [4.69, 9.17) is 21.1 Å². The number of thiophene rings is 1. The first kappa shape index (κ1) is 16.0. The molecule has 3 heterocycles. The van der Waals surface area contributed by atoms with Gasteiger partial charge in [0, 0.05) is 18.8 Å². The Morgan fingerprint density at radius 2 is 2.30 bits per heavy atom. The van der Waals surface area contributed by atoms with E-state index in [0.29, 0.717) is 21.6 Å². The summed E-state index contributed by atoms with van der Waals surface area (Å²) >= 11 is 7.20. The van der Waals surface area contributed by atoms with Gasteiger partial charge in [0.05, 0.1) is 22.9 Å². The number of amides is 1. The molecule has 1 atom stereocenters. The van der Waals surface area contributed by atoms with Crippen molar-refractivity contribution in [2.75, 3.05) is 20.2 Å². The number of likely N-dealkylation sites (tertiary alicyclic amines) is 1. The molecule has 2 aromatic rings. The Kier molecular flexibility index (Phi) is 4.97. The minimum atomic E-state index is -0.0947. The van der Waals surface area contributed by atoms with E-state index in [-0.39, 0.29) is 18.0 Å². The van der Waals surface area contributed by atoms with Gasteiger partial charge in [-0.3, -0.25) is 4.79 Å². The second-order valence-corrected chi connectivity index (χ2v) is 6.83. The van der Waals surface area contributed by atoms with Crippen LogP contribution in [0.3, 0.4) is 0 Å². The van der Waals surface area contributed by atoms with E-state index in [1.807, 2.05) is 0 Å². The minimum absolute atomic E-state index is 0.00420. The molecular formula is C15H16ClN3O3S. The smallest absolute Gasteiger partial charge is 0.319 e. The summed E-state index contributed by atoms with van der Waals surface area (Å²) in [6, 6.07) is 5.45. The monoisotopic (exact) mass is 353 g/mol. The van der Waals surface area contributed by atoms with Crippen molar-refractivity contribution in [1.82, 2.24) is 14.9 Å². The molecule has 23 heavy (non-hydrogen) atoms. The highest BCUT2D eigenvalue weighted by Crippen LogP contribution is 2.25. The molecule has 6 nitrogen and oxygen atoms in total. The highest BCUT2D eigenvalue weighted by molar-refractivity contribution is 7.17. The van der Waals surface area contributed by atoms with E-state index in [2.05, 4.69) is 9.97 Å². The summed E-state index contributed by atoms with van der Waals surface area (Å²) in [5.74, 6) is 0.450. The number of methoxy groups -OCH3 is 1. The summed E-state index contributed by atoms with van der Waals surface area (Å²) < 4.78 is 11.5. The maximum atomic E-state index is 12.5. The van der Waals surface area contributed by atoms with Crippen molar-refractivity contribution in [3.63, 3.8) is 0 Å². The summed E-state index contributed by atoms with van der Waals surface area (Å²) in [5, 5.41) is 0. The fourth-order valence-electron chi connectivity index (χ4n) is 2.46. The Labute approximate surface area is 143 Å². The first-order valence-electron chi connectivity index (χ1n) is 7.24. The Morgan fingerprint density at radius 3 is 3.04 bits per heavy atom. The molecule has 1 fully saturated rings. The van der Waals surface area contributed by atoms with Crippen molar-refractivity contribution >= 4 is 28.8 Å². The fourth-order valence-corrected chi connectivity index (χ4v) is 3.47. The van der Waals surface area contributed by atoms with Gasteiger partial charge < -0.3 is 14.4 Å². The van der Waals surface area contributed by atoms with Crippen LogP contribution >= 0.6 is 22.9 Å². The number of halogens is 1. The van der Waals surface area contributed by atoms with Crippen LogP contribution in [0.4, 0.5) is 0 Å². The summed E-state index contributed by atoms with van der Waals surface area (Å²) in [6.45, 7) is 1.25. The molecular weight excluding hydrogens is 338 g/mol. The van der Waals surface area contributed by atoms with Crippen LogP contribution in [0.25, 0.3) is 0 Å². The molecule has 0 saturated carbocycles. The number of rotatable bonds is 4. The molecule has 1 unspecified atom stereocenters. The maximum Gasteiger partial charge on any atom is 0.319 e. The zero-order valence-corrected chi connectivity index (χ0v) is 14.1. The fraction of sp³-hybridized carbons (Fsp3) is 0.400. The van der Waals surface area contributed by atoms with Gasteiger partial charge in [-0.05, 0) is 25.0 Å². The van der Waals surface area contributed by atoms with Gasteiger partial charge in [0.1, 0.15) is 6.10 Å². The first-order valence-corrected chi connectivity index (χ1v) is 8.43. The van der Waals surface area contributed by atoms with E-state index in [1.54, 1.807) is 29.3 Å². The Morgan fingerprint density at radius 1 is 1.43 bits per heavy atom. The van der Waals surface area contributed by atoms with Crippen LogP contribution in [0.5, 0.6) is 11.9 Å². The van der Waals surface area contributed by atoms with Crippen LogP contribution in [0.2, 0.25) is 4.34 Å². The average molecular weight is 354 g/mol. The van der Waals surface area contributed by atoms with Crippen LogP contribution in [-0.2, 0) is 0 Å². The average Bonchev–Trinajstić information content (AvgIpc) is 3.01. The number of carbonyl (C=O) groups is 1. The standard InChI is InChI=1S/C15H16ClN3O3S/c1-21-15-17-7-6-13(18-15)22-10-3-2-8-19(9-10)14(20)11-4-5-12(16)23-11/h4-7,10H,2-3,8-9H2,1H3. The largest absolute Gasteiger partial charge is 0.472 e. The number of nitrogens with zero attached hydrogens (tertiary/aromatic N) is 3. The van der Waals surface area contributed by atoms with Gasteiger partial charge in [0.2, 0.25) is 5.88 Å². The number of aromatic nitrogens is 2. The molecule has 0 bridgehead atoms. The zero-order chi connectivity index (χ0) is 16.2. The van der Waals surface area contributed by atoms with Gasteiger partial charge >= 0.3 is 6.01 Å². The molecule has 3 rings (SSSR count). The van der Waals surface area contributed by atoms with Crippen molar-refractivity contribution in [2.24, 2.45) is 0 Å². The third kappa shape index (κ3) is 3.92. The van der Waals surface area contributed by atoms with E-state index in [9.17, 15) is 4.79 Å². The number of ether oxygens (including phenoxy) is 2. The predicted octanol–water partition coefficient (Wildman–Crippen LogP) is 2.88. The van der Waals surface area contributed by atoms with Crippen LogP contribution < -0.4 is 9.47 Å². The van der Waals surface area contributed by atoms with Gasteiger partial charge in [-0.1, -0.05) is 11.6 Å². The Bertz CT molecular complexity index is 694. The second kappa shape index (κ2) is 7.14. The number of carbonyl (C=O) groups excluding carboxylic acids is 1. The molecule has 0 aliphatic carbocycles. The van der Waals surface area contributed by atoms with Crippen molar-refractivity contribution in [3.8, 4) is 11.9 Å². The highest BCUT2D eigenvalue weighted by atomic mass is 35.5. The lowest BCUT2D eigenvalue weighted by molar-refractivity contribution is 0.0530. The quantitative estimate of drug-likeness (QED) is 0.845. The Hall–Kier alpha value is -1.86. The highest BCUT2D eigenvalue weighted by Gasteiger charge is 2.26. The summed E-state index contributed by atoms with van der Waals surface area (Å²) in [7, 11) is 1.51. The molecule has 1 aliphatic rings. The summed E-state index contributed by atoms with van der Waals surface area (Å²) in [5.41, 5.74) is 0. The third-order valence-corrected chi connectivity index (χ3v) is 4.75. The summed E-state index contributed by atoms with van der Waals surface area (Å²) in [4.78, 5) is 23.0. The second-order valence-electron chi connectivity index (χ2n) is 5.12. The maximum absolute atomic E-state index is 12.5. The van der Waals surface area contributed by atoms with E-state index >= 15 is 0 Å². The summed E-state index contributed by atoms with van der Waals surface area (Å²) in [6.07, 6.45) is 3.25. The van der Waals surface area contributed by atoms with Gasteiger partial charge in [-0.25, -0.2) is 4.98 Å². The number of piperidine rings is 1. The number of hydrogen-bond donors (Lipinski definition) is 0. The van der Waals surface area contributed by atoms with Crippen molar-refractivity contribution in [3.05, 3.63) is 33.6 Å². The number of hydrogen-bond acceptors (Lipinski definition) is 6. The normalized spacial score (nSPS) is 17.8. The molecule has 1 aliphatic heterocycles. The van der Waals surface area contributed by atoms with Gasteiger partial charge in [0.25, 0.3) is 5.91 Å². The van der Waals surface area contributed by atoms with Gasteiger partial charge in [0.15, 0.2) is 0 Å². The van der Waals surface area contributed by atoms with Gasteiger partial charge in [-0.15, -0.1) is 11.3 Å². The van der Waals surface area contributed by atoms with Crippen molar-refractivity contribution in [1.29, 1.82) is 0 Å². The topological polar surface area (TPSA) is 64.6 Å². The van der Waals surface area contributed by atoms with Crippen LogP contribution in [-0.4, -0.2) is 47.1 Å². The van der Waals surface area contributed by atoms with Crippen molar-refractivity contribution < 1.29 is 14.3 Å². The molecule has 0 radical (unpaired) electrons. The van der Waals surface area contributed by atoms with Crippen molar-refractivity contribution in [2.45, 2.75) is 18.9 Å². The molecule has 0 N–H and O–H groups in total. The molecule has 8 heteroatoms. The zero-order valence-electron chi connectivity index (χ0n) is 12.6. The molecule has 1 saturated heterocycles. The molecule has 0 spiro atoms. The molecule has 1 amide bonds. The molecule has 122 valence electrons. The molecule has 2 aromatic heterocycles. The van der Waals surface area contributed by atoms with Crippen LogP contribution in [0.15, 0.2) is 24.4 Å². The lowest BCUT2D eigenvalue weighted by atomic mass is 10.1. The minimum Gasteiger partial charge on any atom is -0.472 e. The lowest BCUT2D eigenvalue weighted by Gasteiger charge is -2.32. The van der Waals surface area contributed by atoms with E-state index in [1.165, 1.54) is 18.4 Å². The predicted molar refractivity (Wildman–Crippen MR) is 87.5 cm³/mol. The third-order valence-electron chi connectivity index (χ3n) is 3.53. The Balaban J connectivity index is 1.64. The lowest BCUT2D eigenvalue weighted by Crippen LogP contribution is -2.44. The van der Waals surface area contributed by atoms with E-state index < -0.39 is 0 Å². The van der Waals surface area contributed by atoms with Crippen LogP contribution in [0.1, 0.15) is 22.5 Å².